The van der Waals surface area contributed by atoms with Crippen molar-refractivity contribution in [1.82, 2.24) is 4.98 Å². The van der Waals surface area contributed by atoms with Gasteiger partial charge in [-0.25, -0.2) is 4.98 Å². The van der Waals surface area contributed by atoms with Gasteiger partial charge in [0, 0.05) is 5.56 Å². The summed E-state index contributed by atoms with van der Waals surface area (Å²) in [6.45, 7) is 4.18. The van der Waals surface area contributed by atoms with E-state index in [4.69, 9.17) is 10.5 Å². The second-order valence-electron chi connectivity index (χ2n) is 4.12. The first-order chi connectivity index (χ1) is 8.11. The highest BCUT2D eigenvalue weighted by Gasteiger charge is 2.08. The van der Waals surface area contributed by atoms with Gasteiger partial charge in [-0.2, -0.15) is 0 Å². The molecule has 88 valence electrons. The maximum atomic E-state index is 5.77. The molecule has 3 nitrogen and oxygen atoms in total. The Morgan fingerprint density at radius 1 is 1.12 bits per heavy atom. The Kier molecular flexibility index (Phi) is 3.00. The standard InChI is InChI=1S/C14H16N2O/c1-9-4-5-11(6-10(9)2)13-7-12(15)8-16-14(13)17-3/h4-8H,15H2,1-3H3. The number of pyridine rings is 1. The molecule has 0 aliphatic heterocycles. The maximum Gasteiger partial charge on any atom is 0.221 e. The molecule has 1 aromatic heterocycles. The van der Waals surface area contributed by atoms with Gasteiger partial charge in [0.15, 0.2) is 0 Å². The number of aromatic nitrogens is 1. The second kappa shape index (κ2) is 4.45. The van der Waals surface area contributed by atoms with E-state index in [-0.39, 0.29) is 0 Å². The van der Waals surface area contributed by atoms with Crippen LogP contribution in [0.5, 0.6) is 5.88 Å². The number of nitrogens with zero attached hydrogens (tertiary/aromatic N) is 1. The molecule has 0 spiro atoms. The van der Waals surface area contributed by atoms with Gasteiger partial charge >= 0.3 is 0 Å². The molecule has 0 unspecified atom stereocenters. The average molecular weight is 228 g/mol. The zero-order valence-corrected chi connectivity index (χ0v) is 10.3. The minimum Gasteiger partial charge on any atom is -0.481 e. The van der Waals surface area contributed by atoms with Crippen molar-refractivity contribution < 1.29 is 4.74 Å². The Morgan fingerprint density at radius 3 is 2.53 bits per heavy atom. The summed E-state index contributed by atoms with van der Waals surface area (Å²) in [5, 5.41) is 0. The lowest BCUT2D eigenvalue weighted by molar-refractivity contribution is 0.400. The van der Waals surface area contributed by atoms with Crippen LogP contribution in [-0.2, 0) is 0 Å². The first kappa shape index (κ1) is 11.5. The fourth-order valence-electron chi connectivity index (χ4n) is 1.75. The second-order valence-corrected chi connectivity index (χ2v) is 4.12. The summed E-state index contributed by atoms with van der Waals surface area (Å²) >= 11 is 0. The Bertz CT molecular complexity index is 550. The molecule has 3 heteroatoms. The quantitative estimate of drug-likeness (QED) is 0.859. The molecule has 0 fully saturated rings. The number of aryl methyl sites for hydroxylation is 2. The SMILES string of the molecule is COc1ncc(N)cc1-c1ccc(C)c(C)c1. The molecule has 0 atom stereocenters. The Hall–Kier alpha value is -2.03. The lowest BCUT2D eigenvalue weighted by Gasteiger charge is -2.10. The highest BCUT2D eigenvalue weighted by Crippen LogP contribution is 2.30. The Balaban J connectivity index is 2.58. The largest absolute Gasteiger partial charge is 0.481 e. The monoisotopic (exact) mass is 228 g/mol. The van der Waals surface area contributed by atoms with E-state index in [2.05, 4.69) is 37.0 Å². The number of hydrogen-bond acceptors (Lipinski definition) is 3. The molecule has 1 heterocycles. The minimum atomic E-state index is 0.599. The molecule has 0 saturated carbocycles. The van der Waals surface area contributed by atoms with Gasteiger partial charge in [-0.3, -0.25) is 0 Å². The average Bonchev–Trinajstić information content (AvgIpc) is 2.32. The van der Waals surface area contributed by atoms with E-state index in [9.17, 15) is 0 Å². The van der Waals surface area contributed by atoms with Crippen molar-refractivity contribution in [3.8, 4) is 17.0 Å². The number of anilines is 1. The molecule has 0 aliphatic carbocycles. The zero-order chi connectivity index (χ0) is 12.4. The van der Waals surface area contributed by atoms with Crippen molar-refractivity contribution in [2.45, 2.75) is 13.8 Å². The minimum absolute atomic E-state index is 0.599. The molecule has 0 radical (unpaired) electrons. The topological polar surface area (TPSA) is 48.1 Å². The van der Waals surface area contributed by atoms with Crippen molar-refractivity contribution in [2.75, 3.05) is 12.8 Å². The van der Waals surface area contributed by atoms with Gasteiger partial charge in [-0.15, -0.1) is 0 Å². The molecule has 2 aromatic rings. The lowest BCUT2D eigenvalue weighted by atomic mass is 10.0. The number of benzene rings is 1. The van der Waals surface area contributed by atoms with Crippen molar-refractivity contribution in [3.63, 3.8) is 0 Å². The zero-order valence-electron chi connectivity index (χ0n) is 10.3. The van der Waals surface area contributed by atoms with Gasteiger partial charge < -0.3 is 10.5 Å². The molecule has 2 rings (SSSR count). The molecular weight excluding hydrogens is 212 g/mol. The first-order valence-corrected chi connectivity index (χ1v) is 5.49. The van der Waals surface area contributed by atoms with E-state index in [1.54, 1.807) is 13.3 Å². The van der Waals surface area contributed by atoms with Crippen molar-refractivity contribution >= 4 is 5.69 Å². The van der Waals surface area contributed by atoms with Crippen LogP contribution in [0.3, 0.4) is 0 Å². The highest BCUT2D eigenvalue weighted by atomic mass is 16.5. The molecule has 1 aromatic carbocycles. The van der Waals surface area contributed by atoms with Gasteiger partial charge in [0.2, 0.25) is 5.88 Å². The molecule has 0 bridgehead atoms. The summed E-state index contributed by atoms with van der Waals surface area (Å²) in [5.41, 5.74) is 10.9. The number of hydrogen-bond donors (Lipinski definition) is 1. The summed E-state index contributed by atoms with van der Waals surface area (Å²) < 4.78 is 5.26. The summed E-state index contributed by atoms with van der Waals surface area (Å²) in [4.78, 5) is 4.18. The Morgan fingerprint density at radius 2 is 1.88 bits per heavy atom. The third-order valence-corrected chi connectivity index (χ3v) is 2.88. The van der Waals surface area contributed by atoms with E-state index in [1.165, 1.54) is 11.1 Å². The lowest BCUT2D eigenvalue weighted by Crippen LogP contribution is -1.95. The van der Waals surface area contributed by atoms with Crippen LogP contribution in [0.15, 0.2) is 30.5 Å². The van der Waals surface area contributed by atoms with Crippen LogP contribution in [0.4, 0.5) is 5.69 Å². The number of methoxy groups -OCH3 is 1. The fraction of sp³-hybridized carbons (Fsp3) is 0.214. The predicted octanol–water partition coefficient (Wildman–Crippen LogP) is 2.96. The van der Waals surface area contributed by atoms with Crippen LogP contribution in [-0.4, -0.2) is 12.1 Å². The van der Waals surface area contributed by atoms with Crippen LogP contribution < -0.4 is 10.5 Å². The van der Waals surface area contributed by atoms with E-state index in [0.29, 0.717) is 11.6 Å². The van der Waals surface area contributed by atoms with Crippen LogP contribution >= 0.6 is 0 Å². The third kappa shape index (κ3) is 2.23. The van der Waals surface area contributed by atoms with Crippen molar-refractivity contribution in [1.29, 1.82) is 0 Å². The normalized spacial score (nSPS) is 10.3. The summed E-state index contributed by atoms with van der Waals surface area (Å²) in [7, 11) is 1.61. The molecule has 0 saturated heterocycles. The molecule has 0 amide bonds. The van der Waals surface area contributed by atoms with E-state index < -0.39 is 0 Å². The van der Waals surface area contributed by atoms with E-state index in [1.807, 2.05) is 6.07 Å². The van der Waals surface area contributed by atoms with Gasteiger partial charge in [-0.05, 0) is 36.6 Å². The van der Waals surface area contributed by atoms with Gasteiger partial charge in [0.1, 0.15) is 0 Å². The number of ether oxygens (including phenoxy) is 1. The molecule has 17 heavy (non-hydrogen) atoms. The molecule has 2 N–H and O–H groups in total. The van der Waals surface area contributed by atoms with Gasteiger partial charge in [0.25, 0.3) is 0 Å². The first-order valence-electron chi connectivity index (χ1n) is 5.49. The number of nitrogen functional groups attached to an aromatic ring is 1. The van der Waals surface area contributed by atoms with Gasteiger partial charge in [0.05, 0.1) is 19.0 Å². The highest BCUT2D eigenvalue weighted by molar-refractivity contribution is 5.72. The summed E-state index contributed by atoms with van der Waals surface area (Å²) in [6, 6.07) is 8.15. The number of nitrogens with two attached hydrogens (primary N) is 1. The fourth-order valence-corrected chi connectivity index (χ4v) is 1.75. The van der Waals surface area contributed by atoms with Crippen LogP contribution in [0.2, 0.25) is 0 Å². The summed E-state index contributed by atoms with van der Waals surface area (Å²) in [5.74, 6) is 0.599. The smallest absolute Gasteiger partial charge is 0.221 e. The van der Waals surface area contributed by atoms with Crippen molar-refractivity contribution in [3.05, 3.63) is 41.6 Å². The van der Waals surface area contributed by atoms with Gasteiger partial charge in [-0.1, -0.05) is 18.2 Å². The third-order valence-electron chi connectivity index (χ3n) is 2.88. The predicted molar refractivity (Wildman–Crippen MR) is 70.1 cm³/mol. The van der Waals surface area contributed by atoms with Crippen LogP contribution in [0.1, 0.15) is 11.1 Å². The summed E-state index contributed by atoms with van der Waals surface area (Å²) in [6.07, 6.45) is 1.60. The van der Waals surface area contributed by atoms with E-state index >= 15 is 0 Å². The molecular formula is C14H16N2O. The van der Waals surface area contributed by atoms with Crippen molar-refractivity contribution in [2.24, 2.45) is 0 Å². The maximum absolute atomic E-state index is 5.77. The van der Waals surface area contributed by atoms with E-state index in [0.717, 1.165) is 11.1 Å². The Labute approximate surface area is 101 Å². The van der Waals surface area contributed by atoms with Crippen LogP contribution in [0.25, 0.3) is 11.1 Å². The van der Waals surface area contributed by atoms with Crippen LogP contribution in [0, 0.1) is 13.8 Å². The molecule has 0 aliphatic rings. The number of rotatable bonds is 2.